The fraction of sp³-hybridized carbons (Fsp3) is 0.217. The van der Waals surface area contributed by atoms with E-state index in [0.717, 1.165) is 22.1 Å². The van der Waals surface area contributed by atoms with Crippen molar-refractivity contribution >= 4 is 32.3 Å². The molecule has 0 aliphatic heterocycles. The van der Waals surface area contributed by atoms with Gasteiger partial charge >= 0.3 is 6.18 Å². The van der Waals surface area contributed by atoms with E-state index in [1.54, 1.807) is 22.3 Å². The highest BCUT2D eigenvalue weighted by molar-refractivity contribution is 7.89. The fourth-order valence-corrected chi connectivity index (χ4v) is 5.64. The molecule has 0 aliphatic rings. The molecule has 35 heavy (non-hydrogen) atoms. The molecule has 182 valence electrons. The van der Waals surface area contributed by atoms with E-state index in [2.05, 4.69) is 11.1 Å². The van der Waals surface area contributed by atoms with Crippen molar-refractivity contribution < 1.29 is 26.0 Å². The number of aryl methyl sites for hydroxylation is 2. The number of nitrogens with zero attached hydrogens (tertiary/aromatic N) is 3. The van der Waals surface area contributed by atoms with Crippen molar-refractivity contribution in [1.29, 1.82) is 5.26 Å². The van der Waals surface area contributed by atoms with E-state index in [0.29, 0.717) is 29.1 Å². The monoisotopic (exact) mass is 522 g/mol. The summed E-state index contributed by atoms with van der Waals surface area (Å²) >= 11 is 1.43. The minimum Gasteiger partial charge on any atom is -0.298 e. The molecule has 3 heterocycles. The van der Waals surface area contributed by atoms with Crippen LogP contribution in [-0.4, -0.2) is 30.2 Å². The van der Waals surface area contributed by atoms with Crippen LogP contribution in [-0.2, 0) is 10.0 Å². The van der Waals surface area contributed by atoms with Gasteiger partial charge in [-0.25, -0.2) is 12.8 Å². The maximum Gasteiger partial charge on any atom is 0.404 e. The maximum atomic E-state index is 14.4. The summed E-state index contributed by atoms with van der Waals surface area (Å²) < 4.78 is 81.0. The van der Waals surface area contributed by atoms with Gasteiger partial charge in [-0.3, -0.25) is 9.55 Å². The Kier molecular flexibility index (Phi) is 6.21. The summed E-state index contributed by atoms with van der Waals surface area (Å²) in [6.07, 6.45) is -3.83. The molecule has 0 amide bonds. The van der Waals surface area contributed by atoms with Crippen LogP contribution < -0.4 is 4.72 Å². The average molecular weight is 523 g/mol. The van der Waals surface area contributed by atoms with Crippen molar-refractivity contribution in [2.75, 3.05) is 0 Å². The Morgan fingerprint density at radius 3 is 2.43 bits per heavy atom. The number of rotatable bonds is 5. The summed E-state index contributed by atoms with van der Waals surface area (Å²) in [6, 6.07) is 8.83. The van der Waals surface area contributed by atoms with Gasteiger partial charge in [-0.05, 0) is 62.7 Å². The third kappa shape index (κ3) is 4.54. The molecule has 0 spiro atoms. The Bertz CT molecular complexity index is 1580. The number of sulfonamides is 1. The van der Waals surface area contributed by atoms with E-state index in [1.807, 2.05) is 19.1 Å². The second kappa shape index (κ2) is 8.75. The van der Waals surface area contributed by atoms with E-state index in [9.17, 15) is 31.2 Å². The number of thiophene rings is 1. The van der Waals surface area contributed by atoms with Crippen LogP contribution in [0.1, 0.15) is 22.9 Å². The summed E-state index contributed by atoms with van der Waals surface area (Å²) in [5.41, 5.74) is 1.59. The highest BCUT2D eigenvalue weighted by Crippen LogP contribution is 2.38. The third-order valence-electron chi connectivity index (χ3n) is 5.42. The molecule has 0 bridgehead atoms. The van der Waals surface area contributed by atoms with Gasteiger partial charge in [0, 0.05) is 16.5 Å². The number of pyridine rings is 1. The summed E-state index contributed by atoms with van der Waals surface area (Å²) in [4.78, 5) is 4.69. The van der Waals surface area contributed by atoms with Crippen LogP contribution in [0.5, 0.6) is 0 Å². The fourth-order valence-electron chi connectivity index (χ4n) is 3.58. The molecule has 0 radical (unpaired) electrons. The number of hydrogen-bond acceptors (Lipinski definition) is 5. The number of fused-ring (bicyclic) bond motifs is 1. The smallest absolute Gasteiger partial charge is 0.298 e. The topological polar surface area (TPSA) is 87.8 Å². The Balaban J connectivity index is 1.90. The zero-order chi connectivity index (χ0) is 25.7. The van der Waals surface area contributed by atoms with Crippen LogP contribution in [0.15, 0.2) is 47.5 Å². The quantitative estimate of drug-likeness (QED) is 0.345. The molecule has 0 aliphatic carbocycles. The number of nitrogens with one attached hydrogen (secondary N) is 1. The molecule has 1 N–H and O–H groups in total. The second-order valence-electron chi connectivity index (χ2n) is 7.94. The first-order chi connectivity index (χ1) is 16.3. The molecule has 1 aromatic carbocycles. The zero-order valence-electron chi connectivity index (χ0n) is 18.6. The molecule has 3 aromatic heterocycles. The zero-order valence-corrected chi connectivity index (χ0v) is 20.2. The van der Waals surface area contributed by atoms with Crippen molar-refractivity contribution in [2.45, 2.75) is 37.9 Å². The summed E-state index contributed by atoms with van der Waals surface area (Å²) in [5.74, 6) is -0.487. The van der Waals surface area contributed by atoms with Crippen molar-refractivity contribution in [3.8, 4) is 22.5 Å². The third-order valence-corrected chi connectivity index (χ3v) is 7.93. The van der Waals surface area contributed by atoms with Crippen molar-refractivity contribution in [3.63, 3.8) is 0 Å². The van der Waals surface area contributed by atoms with Crippen LogP contribution in [0.25, 0.3) is 27.3 Å². The van der Waals surface area contributed by atoms with E-state index in [4.69, 9.17) is 0 Å². The van der Waals surface area contributed by atoms with E-state index in [-0.39, 0.29) is 11.3 Å². The highest BCUT2D eigenvalue weighted by atomic mass is 32.2. The number of halogens is 4. The van der Waals surface area contributed by atoms with Crippen LogP contribution in [0.2, 0.25) is 0 Å². The number of hydrogen-bond donors (Lipinski definition) is 1. The van der Waals surface area contributed by atoms with Gasteiger partial charge in [-0.2, -0.15) is 23.2 Å². The van der Waals surface area contributed by atoms with Gasteiger partial charge in [0.15, 0.2) is 0 Å². The predicted octanol–water partition coefficient (Wildman–Crippen LogP) is 5.61. The summed E-state index contributed by atoms with van der Waals surface area (Å²) in [6.45, 7) is 4.20. The number of benzene rings is 1. The largest absolute Gasteiger partial charge is 0.404 e. The van der Waals surface area contributed by atoms with Crippen LogP contribution in [0.4, 0.5) is 17.6 Å². The maximum absolute atomic E-state index is 14.4. The Hall–Kier alpha value is -3.27. The minimum atomic E-state index is -4.75. The molecule has 4 rings (SSSR count). The summed E-state index contributed by atoms with van der Waals surface area (Å²) in [5, 5.41) is 11.0. The lowest BCUT2D eigenvalue weighted by atomic mass is 10.1. The first-order valence-electron chi connectivity index (χ1n) is 10.2. The number of nitriles is 1. The average Bonchev–Trinajstić information content (AvgIpc) is 3.33. The Morgan fingerprint density at radius 1 is 1.17 bits per heavy atom. The minimum absolute atomic E-state index is 0.136. The lowest BCUT2D eigenvalue weighted by molar-refractivity contribution is -0.147. The van der Waals surface area contributed by atoms with E-state index >= 15 is 0 Å². The van der Waals surface area contributed by atoms with E-state index in [1.165, 1.54) is 23.5 Å². The Labute approximate surface area is 202 Å². The normalized spacial score (nSPS) is 13.2. The van der Waals surface area contributed by atoms with Gasteiger partial charge in [0.1, 0.15) is 27.8 Å². The van der Waals surface area contributed by atoms with Crippen molar-refractivity contribution in [3.05, 3.63) is 64.4 Å². The molecule has 6 nitrogen and oxygen atoms in total. The first-order valence-corrected chi connectivity index (χ1v) is 12.5. The molecule has 12 heteroatoms. The van der Waals surface area contributed by atoms with Crippen molar-refractivity contribution in [1.82, 2.24) is 14.3 Å². The van der Waals surface area contributed by atoms with Gasteiger partial charge in [-0.15, -0.1) is 11.3 Å². The predicted molar refractivity (Wildman–Crippen MR) is 124 cm³/mol. The molecular weight excluding hydrogens is 504 g/mol. The van der Waals surface area contributed by atoms with Crippen LogP contribution in [0, 0.1) is 31.0 Å². The first kappa shape index (κ1) is 24.8. The second-order valence-corrected chi connectivity index (χ2v) is 10.9. The van der Waals surface area contributed by atoms with Crippen LogP contribution >= 0.6 is 11.3 Å². The molecule has 1 unspecified atom stereocenters. The van der Waals surface area contributed by atoms with Gasteiger partial charge < -0.3 is 0 Å². The van der Waals surface area contributed by atoms with E-state index < -0.39 is 33.0 Å². The van der Waals surface area contributed by atoms with Crippen LogP contribution in [0.3, 0.4) is 0 Å². The SMILES string of the molecule is Cc1ccc(-n2c(-c3ccc(S(=O)(=O)NC(C)C(F)(F)F)cn3)c(C#N)c3cc(F)c(C)cc32)s1. The molecule has 0 saturated heterocycles. The molecule has 0 saturated carbocycles. The lowest BCUT2D eigenvalue weighted by Gasteiger charge is -2.17. The summed E-state index contributed by atoms with van der Waals surface area (Å²) in [7, 11) is -4.50. The van der Waals surface area contributed by atoms with Gasteiger partial charge in [-0.1, -0.05) is 0 Å². The highest BCUT2D eigenvalue weighted by Gasteiger charge is 2.39. The molecule has 0 fully saturated rings. The van der Waals surface area contributed by atoms with Gasteiger partial charge in [0.05, 0.1) is 22.5 Å². The lowest BCUT2D eigenvalue weighted by Crippen LogP contribution is -2.42. The number of alkyl halides is 3. The van der Waals surface area contributed by atoms with Gasteiger partial charge in [0.25, 0.3) is 0 Å². The molecule has 4 aromatic rings. The number of aromatic nitrogens is 2. The molecular formula is C23H18F4N4O2S2. The molecule has 1 atom stereocenters. The van der Waals surface area contributed by atoms with Gasteiger partial charge in [0.2, 0.25) is 10.0 Å². The Morgan fingerprint density at radius 2 is 1.89 bits per heavy atom. The standard InChI is InChI=1S/C23H18F4N4O2S2/c1-12-8-20-16(9-18(12)24)17(10-28)22(31(20)21-7-4-13(2)34-21)19-6-5-15(11-29-19)35(32,33)30-14(3)23(25,26)27/h4-9,11,14,30H,1-3H3. The van der Waals surface area contributed by atoms with Crippen molar-refractivity contribution in [2.24, 2.45) is 0 Å².